The lowest BCUT2D eigenvalue weighted by Crippen LogP contribution is -2.45. The van der Waals surface area contributed by atoms with Gasteiger partial charge >= 0.3 is 0 Å². The SMILES string of the molecule is CCCNS(=O)(=O)c1ccc(OCC(=O)NC2CC(c3cccc(F)c3)NN2)c(C)c1. The first-order chi connectivity index (χ1) is 14.8. The Labute approximate surface area is 181 Å². The Balaban J connectivity index is 1.51. The number of hydrazine groups is 1. The number of amides is 1. The first-order valence-electron chi connectivity index (χ1n) is 10.1. The van der Waals surface area contributed by atoms with Gasteiger partial charge < -0.3 is 10.1 Å². The van der Waals surface area contributed by atoms with E-state index in [0.717, 1.165) is 5.56 Å². The molecule has 8 nitrogen and oxygen atoms in total. The molecule has 3 rings (SSSR count). The number of sulfonamides is 1. The monoisotopic (exact) mass is 450 g/mol. The summed E-state index contributed by atoms with van der Waals surface area (Å²) in [4.78, 5) is 12.4. The Kier molecular flexibility index (Phi) is 7.60. The maximum Gasteiger partial charge on any atom is 0.259 e. The van der Waals surface area contributed by atoms with Gasteiger partial charge in [0, 0.05) is 19.0 Å². The van der Waals surface area contributed by atoms with Crippen molar-refractivity contribution in [3.05, 3.63) is 59.4 Å². The highest BCUT2D eigenvalue weighted by Crippen LogP contribution is 2.23. The quantitative estimate of drug-likeness (QED) is 0.465. The summed E-state index contributed by atoms with van der Waals surface area (Å²) in [6, 6.07) is 10.7. The van der Waals surface area contributed by atoms with Crippen LogP contribution < -0.4 is 25.6 Å². The zero-order valence-corrected chi connectivity index (χ0v) is 18.3. The molecule has 1 fully saturated rings. The van der Waals surface area contributed by atoms with E-state index in [0.29, 0.717) is 30.7 Å². The zero-order valence-electron chi connectivity index (χ0n) is 17.4. The van der Waals surface area contributed by atoms with E-state index in [4.69, 9.17) is 4.74 Å². The molecule has 0 radical (unpaired) electrons. The Hall–Kier alpha value is -2.53. The Morgan fingerprint density at radius 2 is 2.03 bits per heavy atom. The third-order valence-corrected chi connectivity index (χ3v) is 6.31. The third kappa shape index (κ3) is 6.23. The van der Waals surface area contributed by atoms with E-state index >= 15 is 0 Å². The van der Waals surface area contributed by atoms with Crippen molar-refractivity contribution in [1.82, 2.24) is 20.9 Å². The lowest BCUT2D eigenvalue weighted by Gasteiger charge is -2.14. The van der Waals surface area contributed by atoms with Gasteiger partial charge in [0.25, 0.3) is 5.91 Å². The number of halogens is 1. The normalized spacial score (nSPS) is 18.7. The van der Waals surface area contributed by atoms with Gasteiger partial charge in [-0.05, 0) is 54.8 Å². The molecule has 2 atom stereocenters. The van der Waals surface area contributed by atoms with E-state index in [1.165, 1.54) is 24.3 Å². The van der Waals surface area contributed by atoms with E-state index in [9.17, 15) is 17.6 Å². The standard InChI is InChI=1S/C21H27FN4O4S/c1-3-9-23-31(28,29)17-7-8-19(14(2)10-17)30-13-21(27)24-20-12-18(25-26-20)15-5-4-6-16(22)11-15/h4-8,10-11,18,20,23,25-26H,3,9,12-13H2,1-2H3,(H,24,27). The lowest BCUT2D eigenvalue weighted by atomic mass is 10.0. The molecule has 1 aliphatic rings. The van der Waals surface area contributed by atoms with Gasteiger partial charge in [-0.15, -0.1) is 0 Å². The number of hydrogen-bond acceptors (Lipinski definition) is 6. The number of aryl methyl sites for hydroxylation is 1. The number of carbonyl (C=O) groups excluding carboxylic acids is 1. The zero-order chi connectivity index (χ0) is 22.4. The highest BCUT2D eigenvalue weighted by molar-refractivity contribution is 7.89. The van der Waals surface area contributed by atoms with Gasteiger partial charge in [-0.2, -0.15) is 0 Å². The molecule has 4 N–H and O–H groups in total. The predicted octanol–water partition coefficient (Wildman–Crippen LogP) is 1.88. The molecule has 2 aromatic carbocycles. The van der Waals surface area contributed by atoms with Crippen LogP contribution in [0.4, 0.5) is 4.39 Å². The number of nitrogens with one attached hydrogen (secondary N) is 4. The van der Waals surface area contributed by atoms with Crippen LogP contribution in [-0.2, 0) is 14.8 Å². The molecule has 0 saturated carbocycles. The van der Waals surface area contributed by atoms with Gasteiger partial charge in [0.05, 0.1) is 11.1 Å². The molecular weight excluding hydrogens is 423 g/mol. The van der Waals surface area contributed by atoms with Crippen molar-refractivity contribution in [3.8, 4) is 5.75 Å². The molecule has 10 heteroatoms. The molecular formula is C21H27FN4O4S. The first-order valence-corrected chi connectivity index (χ1v) is 11.6. The fourth-order valence-corrected chi connectivity index (χ4v) is 4.46. The van der Waals surface area contributed by atoms with Crippen LogP contribution in [0.3, 0.4) is 0 Å². The average molecular weight is 451 g/mol. The van der Waals surface area contributed by atoms with Gasteiger partial charge in [-0.1, -0.05) is 19.1 Å². The molecule has 0 aliphatic carbocycles. The summed E-state index contributed by atoms with van der Waals surface area (Å²) in [5.74, 6) is -0.213. The summed E-state index contributed by atoms with van der Waals surface area (Å²) in [6.45, 7) is 3.75. The van der Waals surface area contributed by atoms with Crippen LogP contribution in [0.15, 0.2) is 47.4 Å². The van der Waals surface area contributed by atoms with Crippen LogP contribution in [-0.4, -0.2) is 33.6 Å². The van der Waals surface area contributed by atoms with Crippen LogP contribution in [0.2, 0.25) is 0 Å². The van der Waals surface area contributed by atoms with Gasteiger partial charge in [0.1, 0.15) is 11.6 Å². The van der Waals surface area contributed by atoms with Crippen molar-refractivity contribution >= 4 is 15.9 Å². The van der Waals surface area contributed by atoms with Crippen molar-refractivity contribution in [2.24, 2.45) is 0 Å². The summed E-state index contributed by atoms with van der Waals surface area (Å²) in [6.07, 6.45) is 0.914. The van der Waals surface area contributed by atoms with E-state index in [-0.39, 0.29) is 35.4 Å². The third-order valence-electron chi connectivity index (χ3n) is 4.85. The minimum atomic E-state index is -3.56. The van der Waals surface area contributed by atoms with Crippen LogP contribution in [0.1, 0.15) is 36.9 Å². The van der Waals surface area contributed by atoms with Crippen molar-refractivity contribution in [3.63, 3.8) is 0 Å². The molecule has 1 heterocycles. The summed E-state index contributed by atoms with van der Waals surface area (Å²) < 4.78 is 45.9. The lowest BCUT2D eigenvalue weighted by molar-refractivity contribution is -0.123. The molecule has 0 bridgehead atoms. The van der Waals surface area contributed by atoms with E-state index in [1.807, 2.05) is 13.0 Å². The van der Waals surface area contributed by atoms with Crippen molar-refractivity contribution in [2.75, 3.05) is 13.2 Å². The van der Waals surface area contributed by atoms with Gasteiger partial charge in [0.15, 0.2) is 6.61 Å². The first kappa shape index (κ1) is 23.1. The summed E-state index contributed by atoms with van der Waals surface area (Å²) in [5, 5.41) is 2.80. The Morgan fingerprint density at radius 3 is 2.74 bits per heavy atom. The van der Waals surface area contributed by atoms with Crippen LogP contribution in [0, 0.1) is 12.7 Å². The van der Waals surface area contributed by atoms with Crippen LogP contribution in [0.25, 0.3) is 0 Å². The van der Waals surface area contributed by atoms with Crippen molar-refractivity contribution in [2.45, 2.75) is 43.8 Å². The fourth-order valence-electron chi connectivity index (χ4n) is 3.24. The summed E-state index contributed by atoms with van der Waals surface area (Å²) in [5.41, 5.74) is 7.41. The maximum absolute atomic E-state index is 13.4. The Morgan fingerprint density at radius 1 is 1.23 bits per heavy atom. The second-order valence-corrected chi connectivity index (χ2v) is 9.13. The predicted molar refractivity (Wildman–Crippen MR) is 114 cm³/mol. The molecule has 1 amide bonds. The van der Waals surface area contributed by atoms with E-state index in [2.05, 4.69) is 20.9 Å². The molecule has 1 saturated heterocycles. The molecule has 1 aliphatic heterocycles. The van der Waals surface area contributed by atoms with E-state index in [1.54, 1.807) is 19.1 Å². The number of hydrogen-bond donors (Lipinski definition) is 4. The van der Waals surface area contributed by atoms with Gasteiger partial charge in [-0.3, -0.25) is 4.79 Å². The van der Waals surface area contributed by atoms with Crippen LogP contribution >= 0.6 is 0 Å². The molecule has 0 spiro atoms. The number of ether oxygens (including phenoxy) is 1. The molecule has 31 heavy (non-hydrogen) atoms. The molecule has 2 aromatic rings. The Bertz CT molecular complexity index is 1030. The second-order valence-electron chi connectivity index (χ2n) is 7.37. The van der Waals surface area contributed by atoms with Gasteiger partial charge in [-0.25, -0.2) is 28.4 Å². The summed E-state index contributed by atoms with van der Waals surface area (Å²) >= 11 is 0. The number of benzene rings is 2. The minimum absolute atomic E-state index is 0.125. The number of carbonyl (C=O) groups is 1. The van der Waals surface area contributed by atoms with Crippen molar-refractivity contribution in [1.29, 1.82) is 0 Å². The van der Waals surface area contributed by atoms with Crippen molar-refractivity contribution < 1.29 is 22.3 Å². The maximum atomic E-state index is 13.4. The number of rotatable bonds is 9. The van der Waals surface area contributed by atoms with Crippen LogP contribution in [0.5, 0.6) is 5.75 Å². The highest BCUT2D eigenvalue weighted by atomic mass is 32.2. The fraction of sp³-hybridized carbons (Fsp3) is 0.381. The molecule has 0 aromatic heterocycles. The average Bonchev–Trinajstić information content (AvgIpc) is 3.20. The molecule has 168 valence electrons. The van der Waals surface area contributed by atoms with Gasteiger partial charge in [0.2, 0.25) is 10.0 Å². The second kappa shape index (κ2) is 10.2. The van der Waals surface area contributed by atoms with E-state index < -0.39 is 10.0 Å². The largest absolute Gasteiger partial charge is 0.484 e. The minimum Gasteiger partial charge on any atom is -0.484 e. The highest BCUT2D eigenvalue weighted by Gasteiger charge is 2.26. The smallest absolute Gasteiger partial charge is 0.259 e. The molecule has 2 unspecified atom stereocenters. The topological polar surface area (TPSA) is 109 Å². The summed E-state index contributed by atoms with van der Waals surface area (Å²) in [7, 11) is -3.56.